The Morgan fingerprint density at radius 1 is 1.05 bits per heavy atom. The van der Waals surface area contributed by atoms with Crippen LogP contribution in [0.5, 0.6) is 0 Å². The van der Waals surface area contributed by atoms with Crippen molar-refractivity contribution in [3.8, 4) is 0 Å². The maximum Gasteiger partial charge on any atom is 0.428 e. The third kappa shape index (κ3) is 4.45. The van der Waals surface area contributed by atoms with Crippen LogP contribution in [-0.4, -0.2) is 17.9 Å². The molecule has 4 heteroatoms. The van der Waals surface area contributed by atoms with Crippen LogP contribution in [0.2, 0.25) is 0 Å². The number of amides is 1. The van der Waals surface area contributed by atoms with Crippen LogP contribution in [0.15, 0.2) is 59.7 Å². The molecular formula is C18H20N2O2. The Kier molecular flexibility index (Phi) is 5.31. The van der Waals surface area contributed by atoms with E-state index in [1.165, 1.54) is 0 Å². The lowest BCUT2D eigenvalue weighted by Crippen LogP contribution is -2.24. The van der Waals surface area contributed by atoms with Gasteiger partial charge in [0.1, 0.15) is 0 Å². The molecule has 0 spiro atoms. The van der Waals surface area contributed by atoms with E-state index in [4.69, 9.17) is 4.74 Å². The Balaban J connectivity index is 2.32. The predicted molar refractivity (Wildman–Crippen MR) is 88.0 cm³/mol. The largest absolute Gasteiger partial charge is 0.446 e. The first-order valence-electron chi connectivity index (χ1n) is 7.23. The van der Waals surface area contributed by atoms with E-state index >= 15 is 0 Å². The van der Waals surface area contributed by atoms with Crippen molar-refractivity contribution in [2.75, 3.05) is 0 Å². The van der Waals surface area contributed by atoms with Gasteiger partial charge in [-0.2, -0.15) is 5.10 Å². The molecule has 0 unspecified atom stereocenters. The lowest BCUT2D eigenvalue weighted by atomic mass is 10.0. The highest BCUT2D eigenvalue weighted by Crippen LogP contribution is 2.12. The van der Waals surface area contributed by atoms with Crippen LogP contribution in [-0.2, 0) is 4.74 Å². The molecule has 4 nitrogen and oxygen atoms in total. The second-order valence-corrected chi connectivity index (χ2v) is 5.26. The van der Waals surface area contributed by atoms with Crippen molar-refractivity contribution < 1.29 is 9.53 Å². The second kappa shape index (κ2) is 7.41. The molecule has 1 N–H and O–H groups in total. The molecule has 0 fully saturated rings. The Morgan fingerprint density at radius 2 is 1.73 bits per heavy atom. The second-order valence-electron chi connectivity index (χ2n) is 5.26. The highest BCUT2D eigenvalue weighted by molar-refractivity contribution is 6.13. The zero-order valence-corrected chi connectivity index (χ0v) is 13.0. The highest BCUT2D eigenvalue weighted by atomic mass is 16.6. The lowest BCUT2D eigenvalue weighted by Gasteiger charge is -2.10. The molecule has 0 aliphatic heterocycles. The fourth-order valence-corrected chi connectivity index (χ4v) is 2.03. The van der Waals surface area contributed by atoms with E-state index in [2.05, 4.69) is 10.5 Å². The number of ether oxygens (including phenoxy) is 1. The molecule has 2 aromatic carbocycles. The SMILES string of the molecule is Cc1cccc(/C(=N\NC(=O)OC(C)C)c2ccccc2)c1. The van der Waals surface area contributed by atoms with Crippen LogP contribution in [0.4, 0.5) is 4.79 Å². The van der Waals surface area contributed by atoms with Crippen LogP contribution in [0.3, 0.4) is 0 Å². The van der Waals surface area contributed by atoms with Gasteiger partial charge in [-0.05, 0) is 26.8 Å². The Labute approximate surface area is 130 Å². The summed E-state index contributed by atoms with van der Waals surface area (Å²) in [6.07, 6.45) is -0.745. The minimum Gasteiger partial charge on any atom is -0.446 e. The fourth-order valence-electron chi connectivity index (χ4n) is 2.03. The standard InChI is InChI=1S/C18H20N2O2/c1-13(2)22-18(21)20-19-17(15-9-5-4-6-10-15)16-11-7-8-14(3)12-16/h4-13H,1-3H3,(H,20,21)/b19-17-. The number of hydrogen-bond acceptors (Lipinski definition) is 3. The molecule has 0 radical (unpaired) electrons. The van der Waals surface area contributed by atoms with E-state index in [9.17, 15) is 4.79 Å². The molecule has 22 heavy (non-hydrogen) atoms. The van der Waals surface area contributed by atoms with E-state index in [1.54, 1.807) is 13.8 Å². The van der Waals surface area contributed by atoms with Crippen molar-refractivity contribution in [1.82, 2.24) is 5.43 Å². The lowest BCUT2D eigenvalue weighted by molar-refractivity contribution is 0.116. The first-order valence-corrected chi connectivity index (χ1v) is 7.23. The van der Waals surface area contributed by atoms with E-state index in [0.29, 0.717) is 5.71 Å². The summed E-state index contributed by atoms with van der Waals surface area (Å²) in [7, 11) is 0. The number of carbonyl (C=O) groups is 1. The van der Waals surface area contributed by atoms with Gasteiger partial charge >= 0.3 is 6.09 Å². The molecule has 0 saturated heterocycles. The first-order chi connectivity index (χ1) is 10.6. The summed E-state index contributed by atoms with van der Waals surface area (Å²) >= 11 is 0. The van der Waals surface area contributed by atoms with Gasteiger partial charge in [-0.15, -0.1) is 0 Å². The minimum absolute atomic E-state index is 0.186. The third-order valence-corrected chi connectivity index (χ3v) is 2.94. The van der Waals surface area contributed by atoms with Crippen molar-refractivity contribution >= 4 is 11.8 Å². The molecular weight excluding hydrogens is 276 g/mol. The van der Waals surface area contributed by atoms with Crippen LogP contribution < -0.4 is 5.43 Å². The average molecular weight is 296 g/mol. The summed E-state index contributed by atoms with van der Waals surface area (Å²) in [5, 5.41) is 4.25. The number of benzene rings is 2. The Morgan fingerprint density at radius 3 is 2.36 bits per heavy atom. The normalized spacial score (nSPS) is 11.4. The summed E-state index contributed by atoms with van der Waals surface area (Å²) in [5.41, 5.74) is 6.16. The van der Waals surface area contributed by atoms with Crippen molar-refractivity contribution in [3.05, 3.63) is 71.3 Å². The molecule has 0 aliphatic carbocycles. The molecule has 0 aliphatic rings. The van der Waals surface area contributed by atoms with E-state index in [0.717, 1.165) is 16.7 Å². The quantitative estimate of drug-likeness (QED) is 0.687. The summed E-state index contributed by atoms with van der Waals surface area (Å²) in [4.78, 5) is 11.6. The number of aryl methyl sites for hydroxylation is 1. The Bertz CT molecular complexity index is 664. The highest BCUT2D eigenvalue weighted by Gasteiger charge is 2.09. The molecule has 0 atom stereocenters. The van der Waals surface area contributed by atoms with Crippen LogP contribution in [0.25, 0.3) is 0 Å². The average Bonchev–Trinajstić information content (AvgIpc) is 2.48. The van der Waals surface area contributed by atoms with Crippen molar-refractivity contribution in [2.24, 2.45) is 5.10 Å². The summed E-state index contributed by atoms with van der Waals surface area (Å²) in [6.45, 7) is 5.61. The Hall–Kier alpha value is -2.62. The zero-order chi connectivity index (χ0) is 15.9. The van der Waals surface area contributed by atoms with Gasteiger partial charge in [0.05, 0.1) is 11.8 Å². The van der Waals surface area contributed by atoms with Gasteiger partial charge in [-0.25, -0.2) is 10.2 Å². The van der Waals surface area contributed by atoms with Gasteiger partial charge in [0.25, 0.3) is 0 Å². The monoisotopic (exact) mass is 296 g/mol. The first kappa shape index (κ1) is 15.8. The van der Waals surface area contributed by atoms with Crippen molar-refractivity contribution in [1.29, 1.82) is 0 Å². The molecule has 0 aromatic heterocycles. The van der Waals surface area contributed by atoms with Gasteiger partial charge in [-0.1, -0.05) is 54.1 Å². The van der Waals surface area contributed by atoms with Gasteiger partial charge in [0.15, 0.2) is 0 Å². The van der Waals surface area contributed by atoms with Gasteiger partial charge in [0.2, 0.25) is 0 Å². The number of nitrogens with one attached hydrogen (secondary N) is 1. The fraction of sp³-hybridized carbons (Fsp3) is 0.222. The summed E-state index contributed by atoms with van der Waals surface area (Å²) in [5.74, 6) is 0. The van der Waals surface area contributed by atoms with E-state index < -0.39 is 6.09 Å². The number of hydrogen-bond donors (Lipinski definition) is 1. The smallest absolute Gasteiger partial charge is 0.428 e. The van der Waals surface area contributed by atoms with Gasteiger partial charge in [0, 0.05) is 11.1 Å². The van der Waals surface area contributed by atoms with Crippen LogP contribution >= 0.6 is 0 Å². The van der Waals surface area contributed by atoms with Crippen LogP contribution in [0.1, 0.15) is 30.5 Å². The molecule has 0 saturated carbocycles. The molecule has 2 aromatic rings. The number of rotatable bonds is 4. The summed E-state index contributed by atoms with van der Waals surface area (Å²) < 4.78 is 5.04. The topological polar surface area (TPSA) is 50.7 Å². The minimum atomic E-state index is -0.559. The predicted octanol–water partition coefficient (Wildman–Crippen LogP) is 3.88. The molecule has 114 valence electrons. The van der Waals surface area contributed by atoms with Crippen LogP contribution in [0, 0.1) is 6.92 Å². The van der Waals surface area contributed by atoms with Crippen molar-refractivity contribution in [2.45, 2.75) is 26.9 Å². The van der Waals surface area contributed by atoms with Crippen molar-refractivity contribution in [3.63, 3.8) is 0 Å². The number of nitrogens with zero attached hydrogens (tertiary/aromatic N) is 1. The maximum atomic E-state index is 11.6. The molecule has 2 rings (SSSR count). The summed E-state index contributed by atoms with van der Waals surface area (Å²) in [6, 6.07) is 17.7. The molecule has 0 bridgehead atoms. The molecule has 1 amide bonds. The number of carbonyl (C=O) groups excluding carboxylic acids is 1. The van der Waals surface area contributed by atoms with E-state index in [1.807, 2.05) is 61.5 Å². The maximum absolute atomic E-state index is 11.6. The molecule has 0 heterocycles. The van der Waals surface area contributed by atoms with Gasteiger partial charge < -0.3 is 4.74 Å². The number of hydrazone groups is 1. The third-order valence-electron chi connectivity index (χ3n) is 2.94. The van der Waals surface area contributed by atoms with Gasteiger partial charge in [-0.3, -0.25) is 0 Å². The van der Waals surface area contributed by atoms with E-state index in [-0.39, 0.29) is 6.10 Å². The zero-order valence-electron chi connectivity index (χ0n) is 13.0.